The van der Waals surface area contributed by atoms with Crippen molar-refractivity contribution in [2.75, 3.05) is 25.1 Å². The van der Waals surface area contributed by atoms with Gasteiger partial charge in [0, 0.05) is 19.5 Å². The van der Waals surface area contributed by atoms with Gasteiger partial charge in [0.2, 0.25) is 5.91 Å². The molecule has 5 heteroatoms. The predicted molar refractivity (Wildman–Crippen MR) is 64.6 cm³/mol. The van der Waals surface area contributed by atoms with Crippen LogP contribution in [-0.4, -0.2) is 47.0 Å². The van der Waals surface area contributed by atoms with E-state index in [4.69, 9.17) is 5.11 Å². The largest absolute Gasteiger partial charge is 0.481 e. The van der Waals surface area contributed by atoms with Crippen LogP contribution in [0.4, 0.5) is 0 Å². The zero-order chi connectivity index (χ0) is 12.0. The fourth-order valence-corrected chi connectivity index (χ4v) is 2.36. The maximum atomic E-state index is 11.8. The Morgan fingerprint density at radius 1 is 1.50 bits per heavy atom. The fourth-order valence-electron chi connectivity index (χ4n) is 1.93. The summed E-state index contributed by atoms with van der Waals surface area (Å²) < 4.78 is 0. The average Bonchev–Trinajstić information content (AvgIpc) is 2.29. The first kappa shape index (κ1) is 13.4. The number of piperidine rings is 1. The van der Waals surface area contributed by atoms with E-state index < -0.39 is 5.97 Å². The summed E-state index contributed by atoms with van der Waals surface area (Å²) in [5.41, 5.74) is 0. The van der Waals surface area contributed by atoms with Gasteiger partial charge in [0.05, 0.1) is 5.92 Å². The second-order valence-corrected chi connectivity index (χ2v) is 5.10. The molecule has 1 fully saturated rings. The number of carboxylic acids is 1. The van der Waals surface area contributed by atoms with Gasteiger partial charge in [-0.15, -0.1) is 0 Å². The number of carbonyl (C=O) groups is 2. The van der Waals surface area contributed by atoms with Crippen molar-refractivity contribution in [2.24, 2.45) is 5.92 Å². The lowest BCUT2D eigenvalue weighted by atomic mass is 9.98. The molecule has 1 saturated heterocycles. The average molecular weight is 245 g/mol. The molecule has 1 amide bonds. The molecular weight excluding hydrogens is 226 g/mol. The third-order valence-electron chi connectivity index (χ3n) is 2.86. The molecule has 1 unspecified atom stereocenters. The van der Waals surface area contributed by atoms with Crippen molar-refractivity contribution < 1.29 is 14.7 Å². The van der Waals surface area contributed by atoms with E-state index in [0.717, 1.165) is 25.1 Å². The highest BCUT2D eigenvalue weighted by atomic mass is 32.2. The summed E-state index contributed by atoms with van der Waals surface area (Å²) >= 11 is 1.73. The Morgan fingerprint density at radius 3 is 2.88 bits per heavy atom. The standard InChI is InChI=1S/C11H19NO3S/c1-16-7-3-5-10(13)12-6-2-4-9(8-12)11(14)15/h9H,2-8H2,1H3,(H,14,15). The predicted octanol–water partition coefficient (Wildman–Crippen LogP) is 1.45. The Balaban J connectivity index is 2.35. The van der Waals surface area contributed by atoms with Gasteiger partial charge in [0.25, 0.3) is 0 Å². The maximum absolute atomic E-state index is 11.8. The van der Waals surface area contributed by atoms with Crippen LogP contribution in [0.3, 0.4) is 0 Å². The molecule has 1 atom stereocenters. The second-order valence-electron chi connectivity index (χ2n) is 4.11. The van der Waals surface area contributed by atoms with Crippen molar-refractivity contribution >= 4 is 23.6 Å². The molecule has 0 radical (unpaired) electrons. The highest BCUT2D eigenvalue weighted by Gasteiger charge is 2.27. The third kappa shape index (κ3) is 4.04. The summed E-state index contributed by atoms with van der Waals surface area (Å²) in [4.78, 5) is 24.3. The van der Waals surface area contributed by atoms with E-state index >= 15 is 0 Å². The molecule has 0 spiro atoms. The number of likely N-dealkylation sites (tertiary alicyclic amines) is 1. The zero-order valence-electron chi connectivity index (χ0n) is 9.65. The van der Waals surface area contributed by atoms with E-state index in [9.17, 15) is 9.59 Å². The molecule has 1 N–H and O–H groups in total. The number of carboxylic acid groups (broad SMARTS) is 1. The number of thioether (sulfide) groups is 1. The summed E-state index contributed by atoms with van der Waals surface area (Å²) in [5, 5.41) is 8.91. The molecule has 1 heterocycles. The number of nitrogens with zero attached hydrogens (tertiary/aromatic N) is 1. The number of aliphatic carboxylic acids is 1. The van der Waals surface area contributed by atoms with Gasteiger partial charge in [-0.2, -0.15) is 11.8 Å². The molecule has 0 aromatic heterocycles. The summed E-state index contributed by atoms with van der Waals surface area (Å²) in [6.07, 6.45) is 4.96. The molecule has 92 valence electrons. The molecule has 0 aliphatic carbocycles. The Hall–Kier alpha value is -0.710. The van der Waals surface area contributed by atoms with Gasteiger partial charge < -0.3 is 10.0 Å². The van der Waals surface area contributed by atoms with Crippen LogP contribution in [-0.2, 0) is 9.59 Å². The lowest BCUT2D eigenvalue weighted by Gasteiger charge is -2.30. The van der Waals surface area contributed by atoms with Crippen molar-refractivity contribution in [3.8, 4) is 0 Å². The summed E-state index contributed by atoms with van der Waals surface area (Å²) in [7, 11) is 0. The number of carbonyl (C=O) groups excluding carboxylic acids is 1. The van der Waals surface area contributed by atoms with Gasteiger partial charge >= 0.3 is 5.97 Å². The molecule has 0 aromatic rings. The molecule has 0 bridgehead atoms. The zero-order valence-corrected chi connectivity index (χ0v) is 10.5. The summed E-state index contributed by atoms with van der Waals surface area (Å²) in [6.45, 7) is 1.12. The van der Waals surface area contributed by atoms with E-state index in [1.54, 1.807) is 16.7 Å². The van der Waals surface area contributed by atoms with E-state index in [0.29, 0.717) is 19.4 Å². The van der Waals surface area contributed by atoms with Crippen LogP contribution in [0.25, 0.3) is 0 Å². The Labute approximate surface area is 100 Å². The van der Waals surface area contributed by atoms with Gasteiger partial charge in [0.15, 0.2) is 0 Å². The fraction of sp³-hybridized carbons (Fsp3) is 0.818. The second kappa shape index (κ2) is 6.78. The normalized spacial score (nSPS) is 20.8. The Morgan fingerprint density at radius 2 is 2.25 bits per heavy atom. The number of hydrogen-bond donors (Lipinski definition) is 1. The van der Waals surface area contributed by atoms with E-state index in [1.807, 2.05) is 6.26 Å². The van der Waals surface area contributed by atoms with E-state index in [1.165, 1.54) is 0 Å². The minimum atomic E-state index is -0.776. The molecule has 0 saturated carbocycles. The summed E-state index contributed by atoms with van der Waals surface area (Å²) in [6, 6.07) is 0. The molecule has 16 heavy (non-hydrogen) atoms. The first-order chi connectivity index (χ1) is 7.65. The molecule has 1 aliphatic rings. The molecular formula is C11H19NO3S. The Kier molecular flexibility index (Phi) is 5.66. The molecule has 0 aromatic carbocycles. The lowest BCUT2D eigenvalue weighted by molar-refractivity contribution is -0.145. The first-order valence-corrected chi connectivity index (χ1v) is 7.04. The van der Waals surface area contributed by atoms with Gasteiger partial charge in [-0.1, -0.05) is 0 Å². The van der Waals surface area contributed by atoms with Crippen LogP contribution in [0.15, 0.2) is 0 Å². The Bertz CT molecular complexity index is 258. The number of hydrogen-bond acceptors (Lipinski definition) is 3. The van der Waals surface area contributed by atoms with Crippen molar-refractivity contribution in [3.63, 3.8) is 0 Å². The van der Waals surface area contributed by atoms with Crippen LogP contribution in [0.1, 0.15) is 25.7 Å². The van der Waals surface area contributed by atoms with Crippen LogP contribution in [0.2, 0.25) is 0 Å². The monoisotopic (exact) mass is 245 g/mol. The van der Waals surface area contributed by atoms with Crippen LogP contribution >= 0.6 is 11.8 Å². The quantitative estimate of drug-likeness (QED) is 0.745. The van der Waals surface area contributed by atoms with Crippen LogP contribution < -0.4 is 0 Å². The third-order valence-corrected chi connectivity index (χ3v) is 3.56. The molecule has 1 aliphatic heterocycles. The van der Waals surface area contributed by atoms with Crippen molar-refractivity contribution in [2.45, 2.75) is 25.7 Å². The van der Waals surface area contributed by atoms with E-state index in [-0.39, 0.29) is 11.8 Å². The number of rotatable bonds is 5. The van der Waals surface area contributed by atoms with Crippen molar-refractivity contribution in [1.82, 2.24) is 4.90 Å². The van der Waals surface area contributed by atoms with Gasteiger partial charge in [0.1, 0.15) is 0 Å². The first-order valence-electron chi connectivity index (χ1n) is 5.64. The minimum absolute atomic E-state index is 0.111. The van der Waals surface area contributed by atoms with Gasteiger partial charge in [-0.3, -0.25) is 9.59 Å². The number of amides is 1. The van der Waals surface area contributed by atoms with Crippen molar-refractivity contribution in [3.05, 3.63) is 0 Å². The highest BCUT2D eigenvalue weighted by Crippen LogP contribution is 2.17. The van der Waals surface area contributed by atoms with Gasteiger partial charge in [-0.05, 0) is 31.3 Å². The van der Waals surface area contributed by atoms with Crippen LogP contribution in [0, 0.1) is 5.92 Å². The van der Waals surface area contributed by atoms with Gasteiger partial charge in [-0.25, -0.2) is 0 Å². The molecule has 4 nitrogen and oxygen atoms in total. The van der Waals surface area contributed by atoms with Crippen LogP contribution in [0.5, 0.6) is 0 Å². The van der Waals surface area contributed by atoms with E-state index in [2.05, 4.69) is 0 Å². The van der Waals surface area contributed by atoms with Crippen molar-refractivity contribution in [1.29, 1.82) is 0 Å². The minimum Gasteiger partial charge on any atom is -0.481 e. The SMILES string of the molecule is CSCCCC(=O)N1CCCC(C(=O)O)C1. The summed E-state index contributed by atoms with van der Waals surface area (Å²) in [5.74, 6) is -0.0399. The maximum Gasteiger partial charge on any atom is 0.308 e. The molecule has 1 rings (SSSR count). The lowest BCUT2D eigenvalue weighted by Crippen LogP contribution is -2.42. The topological polar surface area (TPSA) is 57.6 Å². The smallest absolute Gasteiger partial charge is 0.308 e. The highest BCUT2D eigenvalue weighted by molar-refractivity contribution is 7.98.